The first-order valence-electron chi connectivity index (χ1n) is 5.14. The fourth-order valence-electron chi connectivity index (χ4n) is 1.31. The maximum absolute atomic E-state index is 5.58. The summed E-state index contributed by atoms with van der Waals surface area (Å²) in [6.45, 7) is 2.49. The van der Waals surface area contributed by atoms with Crippen molar-refractivity contribution in [1.29, 1.82) is 0 Å². The van der Waals surface area contributed by atoms with Crippen molar-refractivity contribution in [2.24, 2.45) is 0 Å². The van der Waals surface area contributed by atoms with E-state index in [0.717, 1.165) is 22.7 Å². The van der Waals surface area contributed by atoms with Gasteiger partial charge in [-0.1, -0.05) is 6.07 Å². The lowest BCUT2D eigenvalue weighted by Gasteiger charge is -2.05. The number of rotatable bonds is 3. The second-order valence-corrected chi connectivity index (χ2v) is 3.68. The molecule has 16 heavy (non-hydrogen) atoms. The van der Waals surface area contributed by atoms with Crippen molar-refractivity contribution < 1.29 is 4.74 Å². The number of aromatic nitrogens is 1. The minimum absolute atomic E-state index is 0.476. The number of nitrogen functional groups attached to an aromatic ring is 1. The van der Waals surface area contributed by atoms with Gasteiger partial charge in [0.2, 0.25) is 0 Å². The summed E-state index contributed by atoms with van der Waals surface area (Å²) in [6.07, 6.45) is 1.83. The second kappa shape index (κ2) is 4.66. The molecule has 0 bridgehead atoms. The lowest BCUT2D eigenvalue weighted by Crippen LogP contribution is -1.98. The molecule has 0 spiro atoms. The summed E-state index contributed by atoms with van der Waals surface area (Å²) in [5, 5.41) is 0. The molecule has 2 rings (SSSR count). The van der Waals surface area contributed by atoms with Crippen molar-refractivity contribution in [3.05, 3.63) is 53.9 Å². The van der Waals surface area contributed by atoms with Crippen molar-refractivity contribution >= 4 is 5.69 Å². The molecule has 2 N–H and O–H groups in total. The van der Waals surface area contributed by atoms with Gasteiger partial charge >= 0.3 is 0 Å². The number of hydrogen-bond acceptors (Lipinski definition) is 3. The van der Waals surface area contributed by atoms with E-state index in [4.69, 9.17) is 10.5 Å². The zero-order chi connectivity index (χ0) is 11.4. The molecule has 3 heteroatoms. The topological polar surface area (TPSA) is 48.1 Å². The highest BCUT2D eigenvalue weighted by Gasteiger charge is 1.96. The van der Waals surface area contributed by atoms with Gasteiger partial charge in [-0.25, -0.2) is 0 Å². The molecule has 0 aliphatic rings. The molecule has 0 amide bonds. The van der Waals surface area contributed by atoms with Crippen LogP contribution in [0.25, 0.3) is 0 Å². The number of anilines is 1. The molecule has 0 radical (unpaired) electrons. The van der Waals surface area contributed by atoms with E-state index in [9.17, 15) is 0 Å². The van der Waals surface area contributed by atoms with E-state index in [2.05, 4.69) is 4.98 Å². The van der Waals surface area contributed by atoms with E-state index in [1.165, 1.54) is 0 Å². The summed E-state index contributed by atoms with van der Waals surface area (Å²) in [6, 6.07) is 11.3. The quantitative estimate of drug-likeness (QED) is 0.799. The molecule has 1 aromatic carbocycles. The van der Waals surface area contributed by atoms with E-state index in [-0.39, 0.29) is 0 Å². The fourth-order valence-corrected chi connectivity index (χ4v) is 1.31. The summed E-state index contributed by atoms with van der Waals surface area (Å²) in [4.78, 5) is 4.26. The number of ether oxygens (including phenoxy) is 1. The van der Waals surface area contributed by atoms with Gasteiger partial charge in [-0.05, 0) is 42.8 Å². The van der Waals surface area contributed by atoms with Gasteiger partial charge in [0.15, 0.2) is 0 Å². The van der Waals surface area contributed by atoms with Crippen molar-refractivity contribution in [2.45, 2.75) is 13.5 Å². The molecule has 1 aromatic heterocycles. The molecule has 82 valence electrons. The maximum Gasteiger partial charge on any atom is 0.130 e. The van der Waals surface area contributed by atoms with E-state index >= 15 is 0 Å². The molecule has 0 atom stereocenters. The summed E-state index contributed by atoms with van der Waals surface area (Å²) in [5.41, 5.74) is 8.39. The van der Waals surface area contributed by atoms with Crippen molar-refractivity contribution in [3.63, 3.8) is 0 Å². The first-order valence-corrected chi connectivity index (χ1v) is 5.14. The third-order valence-electron chi connectivity index (χ3n) is 2.24. The average molecular weight is 214 g/mol. The summed E-state index contributed by atoms with van der Waals surface area (Å²) < 4.78 is 5.57. The van der Waals surface area contributed by atoms with Crippen LogP contribution in [0.2, 0.25) is 0 Å². The van der Waals surface area contributed by atoms with E-state index in [1.54, 1.807) is 0 Å². The highest BCUT2D eigenvalue weighted by Crippen LogP contribution is 2.14. The standard InChI is InChI=1S/C13H14N2O/c1-10-2-5-12(15-8-10)9-16-13-6-3-11(14)4-7-13/h2-8H,9,14H2,1H3. The Kier molecular flexibility index (Phi) is 3.05. The van der Waals surface area contributed by atoms with Gasteiger partial charge in [0.1, 0.15) is 12.4 Å². The predicted molar refractivity (Wildman–Crippen MR) is 64.2 cm³/mol. The Balaban J connectivity index is 1.97. The van der Waals surface area contributed by atoms with Gasteiger partial charge < -0.3 is 10.5 Å². The maximum atomic E-state index is 5.58. The van der Waals surface area contributed by atoms with Crippen LogP contribution in [0.5, 0.6) is 5.75 Å². The number of benzene rings is 1. The highest BCUT2D eigenvalue weighted by molar-refractivity contribution is 5.41. The van der Waals surface area contributed by atoms with E-state index < -0.39 is 0 Å². The van der Waals surface area contributed by atoms with Crippen molar-refractivity contribution in [2.75, 3.05) is 5.73 Å². The van der Waals surface area contributed by atoms with Gasteiger partial charge in [0.05, 0.1) is 5.69 Å². The van der Waals surface area contributed by atoms with Gasteiger partial charge in [-0.2, -0.15) is 0 Å². The predicted octanol–water partition coefficient (Wildman–Crippen LogP) is 2.55. The Hall–Kier alpha value is -2.03. The molecule has 0 aliphatic carbocycles. The summed E-state index contributed by atoms with van der Waals surface area (Å²) in [5.74, 6) is 0.802. The molecule has 0 saturated heterocycles. The first-order chi connectivity index (χ1) is 7.74. The van der Waals surface area contributed by atoms with Crippen LogP contribution in [0.4, 0.5) is 5.69 Å². The van der Waals surface area contributed by atoms with Crippen molar-refractivity contribution in [1.82, 2.24) is 4.98 Å². The number of nitrogens with two attached hydrogens (primary N) is 1. The zero-order valence-electron chi connectivity index (χ0n) is 9.18. The van der Waals surface area contributed by atoms with Gasteiger partial charge in [-0.3, -0.25) is 4.98 Å². The van der Waals surface area contributed by atoms with Crippen LogP contribution in [-0.4, -0.2) is 4.98 Å². The minimum Gasteiger partial charge on any atom is -0.487 e. The Morgan fingerprint density at radius 3 is 2.50 bits per heavy atom. The number of hydrogen-bond donors (Lipinski definition) is 1. The molecule has 1 heterocycles. The third kappa shape index (κ3) is 2.73. The highest BCUT2D eigenvalue weighted by atomic mass is 16.5. The molecule has 3 nitrogen and oxygen atoms in total. The van der Waals surface area contributed by atoms with Gasteiger partial charge in [0, 0.05) is 11.9 Å². The normalized spacial score (nSPS) is 10.1. The Morgan fingerprint density at radius 1 is 1.12 bits per heavy atom. The lowest BCUT2D eigenvalue weighted by molar-refractivity contribution is 0.301. The number of nitrogens with zero attached hydrogens (tertiary/aromatic N) is 1. The van der Waals surface area contributed by atoms with Gasteiger partial charge in [-0.15, -0.1) is 0 Å². The fraction of sp³-hybridized carbons (Fsp3) is 0.154. The SMILES string of the molecule is Cc1ccc(COc2ccc(N)cc2)nc1. The average Bonchev–Trinajstić information content (AvgIpc) is 2.30. The Bertz CT molecular complexity index is 403. The van der Waals surface area contributed by atoms with Gasteiger partial charge in [0.25, 0.3) is 0 Å². The van der Waals surface area contributed by atoms with Crippen molar-refractivity contribution in [3.8, 4) is 5.75 Å². The molecular weight excluding hydrogens is 200 g/mol. The van der Waals surface area contributed by atoms with Crippen LogP contribution in [0.15, 0.2) is 42.6 Å². The molecule has 0 fully saturated rings. The molecule has 0 saturated carbocycles. The second-order valence-electron chi connectivity index (χ2n) is 3.68. The minimum atomic E-state index is 0.476. The third-order valence-corrected chi connectivity index (χ3v) is 2.24. The molecule has 2 aromatic rings. The van der Waals surface area contributed by atoms with Crippen LogP contribution in [0, 0.1) is 6.92 Å². The number of aryl methyl sites for hydroxylation is 1. The van der Waals surface area contributed by atoms with Crippen LogP contribution < -0.4 is 10.5 Å². The van der Waals surface area contributed by atoms with Crippen LogP contribution in [0.3, 0.4) is 0 Å². The van der Waals surface area contributed by atoms with Crippen LogP contribution in [-0.2, 0) is 6.61 Å². The largest absolute Gasteiger partial charge is 0.487 e. The van der Waals surface area contributed by atoms with E-state index in [1.807, 2.05) is 49.5 Å². The molecule has 0 unspecified atom stereocenters. The van der Waals surface area contributed by atoms with Crippen LogP contribution in [0.1, 0.15) is 11.3 Å². The molecular formula is C13H14N2O. The Morgan fingerprint density at radius 2 is 1.88 bits per heavy atom. The Labute approximate surface area is 94.9 Å². The number of pyridine rings is 1. The summed E-state index contributed by atoms with van der Waals surface area (Å²) in [7, 11) is 0. The monoisotopic (exact) mass is 214 g/mol. The van der Waals surface area contributed by atoms with E-state index in [0.29, 0.717) is 6.61 Å². The van der Waals surface area contributed by atoms with Crippen LogP contribution >= 0.6 is 0 Å². The molecule has 0 aliphatic heterocycles. The smallest absolute Gasteiger partial charge is 0.130 e. The first kappa shape index (κ1) is 10.5. The lowest BCUT2D eigenvalue weighted by atomic mass is 10.3. The summed E-state index contributed by atoms with van der Waals surface area (Å²) >= 11 is 0. The zero-order valence-corrected chi connectivity index (χ0v) is 9.18.